The van der Waals surface area contributed by atoms with E-state index in [0.717, 1.165) is 21.3 Å². The van der Waals surface area contributed by atoms with Gasteiger partial charge in [0, 0.05) is 4.47 Å². The number of aliphatic hydroxyl groups excluding tert-OH is 1. The summed E-state index contributed by atoms with van der Waals surface area (Å²) in [7, 11) is 0. The molecule has 0 bridgehead atoms. The van der Waals surface area contributed by atoms with Gasteiger partial charge in [-0.25, -0.2) is 0 Å². The Morgan fingerprint density at radius 2 is 1.74 bits per heavy atom. The maximum absolute atomic E-state index is 9.22. The molecule has 0 aliphatic heterocycles. The molecule has 0 radical (unpaired) electrons. The average Bonchev–Trinajstić information content (AvgIpc) is 2.36. The Hall–Kier alpha value is -1.32. The van der Waals surface area contributed by atoms with Crippen LogP contribution < -0.4 is 4.74 Å². The first-order valence-electron chi connectivity index (χ1n) is 6.18. The highest BCUT2D eigenvalue weighted by Gasteiger charge is 2.02. The molecule has 0 aromatic heterocycles. The number of benzene rings is 2. The lowest BCUT2D eigenvalue weighted by Crippen LogP contribution is -1.97. The fourth-order valence-corrected chi connectivity index (χ4v) is 2.45. The second-order valence-corrected chi connectivity index (χ2v) is 5.55. The van der Waals surface area contributed by atoms with Gasteiger partial charge in [-0.05, 0) is 43.2 Å². The molecule has 3 heteroatoms. The molecule has 0 unspecified atom stereocenters. The first-order valence-corrected chi connectivity index (χ1v) is 6.97. The molecule has 1 N–H and O–H groups in total. The number of rotatable bonds is 4. The molecule has 0 heterocycles. The van der Waals surface area contributed by atoms with E-state index >= 15 is 0 Å². The van der Waals surface area contributed by atoms with E-state index in [-0.39, 0.29) is 6.61 Å². The van der Waals surface area contributed by atoms with E-state index in [4.69, 9.17) is 4.74 Å². The minimum absolute atomic E-state index is 0.00133. The van der Waals surface area contributed by atoms with Crippen LogP contribution in [0.3, 0.4) is 0 Å². The van der Waals surface area contributed by atoms with Crippen LogP contribution in [0.1, 0.15) is 22.3 Å². The van der Waals surface area contributed by atoms with Gasteiger partial charge in [0.05, 0.1) is 6.61 Å². The van der Waals surface area contributed by atoms with E-state index in [1.54, 1.807) is 0 Å². The Balaban J connectivity index is 2.10. The molecule has 0 amide bonds. The lowest BCUT2D eigenvalue weighted by atomic mass is 10.1. The normalized spacial score (nSPS) is 10.5. The molecular weight excluding hydrogens is 304 g/mol. The first-order chi connectivity index (χ1) is 9.08. The van der Waals surface area contributed by atoms with Crippen molar-refractivity contribution in [1.82, 2.24) is 0 Å². The van der Waals surface area contributed by atoms with Crippen molar-refractivity contribution in [2.24, 2.45) is 0 Å². The molecule has 2 aromatic rings. The zero-order valence-corrected chi connectivity index (χ0v) is 12.7. The minimum Gasteiger partial charge on any atom is -0.489 e. The van der Waals surface area contributed by atoms with Crippen molar-refractivity contribution in [3.63, 3.8) is 0 Å². The van der Waals surface area contributed by atoms with Crippen molar-refractivity contribution in [2.45, 2.75) is 27.1 Å². The molecule has 2 rings (SSSR count). The van der Waals surface area contributed by atoms with Crippen molar-refractivity contribution in [1.29, 1.82) is 0 Å². The van der Waals surface area contributed by atoms with E-state index in [0.29, 0.717) is 6.61 Å². The molecule has 2 aromatic carbocycles. The molecule has 0 spiro atoms. The van der Waals surface area contributed by atoms with Crippen LogP contribution in [0.15, 0.2) is 40.9 Å². The second kappa shape index (κ2) is 6.22. The number of hydrogen-bond donors (Lipinski definition) is 1. The number of aliphatic hydroxyl groups is 1. The van der Waals surface area contributed by atoms with Crippen LogP contribution in [0.25, 0.3) is 0 Å². The van der Waals surface area contributed by atoms with Crippen molar-refractivity contribution < 1.29 is 9.84 Å². The van der Waals surface area contributed by atoms with Crippen LogP contribution in [-0.4, -0.2) is 5.11 Å². The summed E-state index contributed by atoms with van der Waals surface area (Å²) in [6.07, 6.45) is 0. The monoisotopic (exact) mass is 320 g/mol. The van der Waals surface area contributed by atoms with E-state index in [1.165, 1.54) is 11.1 Å². The maximum Gasteiger partial charge on any atom is 0.120 e. The van der Waals surface area contributed by atoms with Gasteiger partial charge in [-0.15, -0.1) is 0 Å². The van der Waals surface area contributed by atoms with Gasteiger partial charge in [0.25, 0.3) is 0 Å². The van der Waals surface area contributed by atoms with Crippen LogP contribution >= 0.6 is 15.9 Å². The van der Waals surface area contributed by atoms with Gasteiger partial charge in [0.15, 0.2) is 0 Å². The van der Waals surface area contributed by atoms with Crippen molar-refractivity contribution >= 4 is 15.9 Å². The smallest absolute Gasteiger partial charge is 0.120 e. The van der Waals surface area contributed by atoms with Crippen LogP contribution in [0.2, 0.25) is 0 Å². The van der Waals surface area contributed by atoms with Crippen molar-refractivity contribution in [3.8, 4) is 5.75 Å². The molecule has 19 heavy (non-hydrogen) atoms. The summed E-state index contributed by atoms with van der Waals surface area (Å²) < 4.78 is 6.66. The largest absolute Gasteiger partial charge is 0.489 e. The van der Waals surface area contributed by atoms with Gasteiger partial charge in [-0.1, -0.05) is 45.3 Å². The molecule has 2 nitrogen and oxygen atoms in total. The van der Waals surface area contributed by atoms with E-state index in [9.17, 15) is 5.11 Å². The summed E-state index contributed by atoms with van der Waals surface area (Å²) >= 11 is 3.39. The zero-order valence-electron chi connectivity index (χ0n) is 11.1. The summed E-state index contributed by atoms with van der Waals surface area (Å²) in [6, 6.07) is 12.0. The molecule has 0 saturated carbocycles. The lowest BCUT2D eigenvalue weighted by Gasteiger charge is -2.10. The highest BCUT2D eigenvalue weighted by molar-refractivity contribution is 9.10. The standard InChI is InChI=1S/C16H17BrO2/c1-11-5-12(2)7-13(6-11)10-19-15-3-4-16(17)14(8-15)9-18/h3-8,18H,9-10H2,1-2H3. The SMILES string of the molecule is Cc1cc(C)cc(COc2ccc(Br)c(CO)c2)c1. The molecular formula is C16H17BrO2. The quantitative estimate of drug-likeness (QED) is 0.917. The Morgan fingerprint density at radius 1 is 1.05 bits per heavy atom. The summed E-state index contributed by atoms with van der Waals surface area (Å²) in [5, 5.41) is 9.22. The first kappa shape index (κ1) is 14.1. The van der Waals surface area contributed by atoms with Gasteiger partial charge >= 0.3 is 0 Å². The third-order valence-electron chi connectivity index (χ3n) is 2.87. The summed E-state index contributed by atoms with van der Waals surface area (Å²) in [4.78, 5) is 0. The molecule has 100 valence electrons. The Labute approximate surface area is 122 Å². The maximum atomic E-state index is 9.22. The lowest BCUT2D eigenvalue weighted by molar-refractivity contribution is 0.277. The van der Waals surface area contributed by atoms with Gasteiger partial charge in [-0.3, -0.25) is 0 Å². The fraction of sp³-hybridized carbons (Fsp3) is 0.250. The zero-order chi connectivity index (χ0) is 13.8. The third kappa shape index (κ3) is 3.82. The van der Waals surface area contributed by atoms with Crippen LogP contribution in [-0.2, 0) is 13.2 Å². The van der Waals surface area contributed by atoms with Crippen LogP contribution in [0.4, 0.5) is 0 Å². The average molecular weight is 321 g/mol. The molecule has 0 atom stereocenters. The Morgan fingerprint density at radius 3 is 2.37 bits per heavy atom. The van der Waals surface area contributed by atoms with Crippen LogP contribution in [0, 0.1) is 13.8 Å². The van der Waals surface area contributed by atoms with E-state index in [1.807, 2.05) is 18.2 Å². The Kier molecular flexibility index (Phi) is 4.61. The number of halogens is 1. The summed E-state index contributed by atoms with van der Waals surface area (Å²) in [5.74, 6) is 0.770. The van der Waals surface area contributed by atoms with E-state index in [2.05, 4.69) is 48.0 Å². The number of hydrogen-bond acceptors (Lipinski definition) is 2. The second-order valence-electron chi connectivity index (χ2n) is 4.70. The van der Waals surface area contributed by atoms with E-state index < -0.39 is 0 Å². The highest BCUT2D eigenvalue weighted by atomic mass is 79.9. The Bertz CT molecular complexity index is 559. The van der Waals surface area contributed by atoms with Gasteiger partial charge in [0.2, 0.25) is 0 Å². The summed E-state index contributed by atoms with van der Waals surface area (Å²) in [5.41, 5.74) is 4.47. The minimum atomic E-state index is 0.00133. The molecule has 0 aliphatic carbocycles. The number of ether oxygens (including phenoxy) is 1. The molecule has 0 aliphatic rings. The van der Waals surface area contributed by atoms with Gasteiger partial charge < -0.3 is 9.84 Å². The number of aryl methyl sites for hydroxylation is 2. The summed E-state index contributed by atoms with van der Waals surface area (Å²) in [6.45, 7) is 4.70. The molecule has 0 fully saturated rings. The molecule has 0 saturated heterocycles. The fourth-order valence-electron chi connectivity index (χ4n) is 2.08. The van der Waals surface area contributed by atoms with Crippen molar-refractivity contribution in [2.75, 3.05) is 0 Å². The highest BCUT2D eigenvalue weighted by Crippen LogP contribution is 2.23. The van der Waals surface area contributed by atoms with Gasteiger partial charge in [-0.2, -0.15) is 0 Å². The predicted octanol–water partition coefficient (Wildman–Crippen LogP) is 4.14. The van der Waals surface area contributed by atoms with Gasteiger partial charge in [0.1, 0.15) is 12.4 Å². The third-order valence-corrected chi connectivity index (χ3v) is 3.65. The van der Waals surface area contributed by atoms with Crippen LogP contribution in [0.5, 0.6) is 5.75 Å². The topological polar surface area (TPSA) is 29.5 Å². The predicted molar refractivity (Wildman–Crippen MR) is 80.3 cm³/mol. The van der Waals surface area contributed by atoms with Crippen molar-refractivity contribution in [3.05, 3.63) is 63.1 Å².